The molecule has 1 saturated heterocycles. The van der Waals surface area contributed by atoms with E-state index in [0.717, 1.165) is 55.6 Å². The van der Waals surface area contributed by atoms with Crippen LogP contribution in [0.15, 0.2) is 24.3 Å². The fourth-order valence-electron chi connectivity index (χ4n) is 2.97. The first-order chi connectivity index (χ1) is 12.1. The molecule has 1 fully saturated rings. The van der Waals surface area contributed by atoms with Crippen LogP contribution in [0, 0.1) is 0 Å². The summed E-state index contributed by atoms with van der Waals surface area (Å²) < 4.78 is 10.8. The highest BCUT2D eigenvalue weighted by Crippen LogP contribution is 2.26. The summed E-state index contributed by atoms with van der Waals surface area (Å²) in [5, 5.41) is 0.367. The van der Waals surface area contributed by atoms with Crippen LogP contribution >= 0.6 is 11.6 Å². The second-order valence-corrected chi connectivity index (χ2v) is 6.24. The molecule has 2 N–H and O–H groups in total. The Morgan fingerprint density at radius 1 is 1.08 bits per heavy atom. The molecule has 0 aliphatic carbocycles. The van der Waals surface area contributed by atoms with Crippen LogP contribution in [0.2, 0.25) is 5.15 Å². The number of benzene rings is 1. The number of anilines is 2. The molecule has 0 radical (unpaired) electrons. The highest BCUT2D eigenvalue weighted by molar-refractivity contribution is 6.29. The molecule has 1 aromatic carbocycles. The number of methoxy groups -OCH3 is 2. The second kappa shape index (κ2) is 7.76. The summed E-state index contributed by atoms with van der Waals surface area (Å²) >= 11 is 5.97. The molecule has 2 heterocycles. The predicted molar refractivity (Wildman–Crippen MR) is 98.5 cm³/mol. The quantitative estimate of drug-likeness (QED) is 0.814. The average molecular weight is 364 g/mol. The van der Waals surface area contributed by atoms with E-state index in [0.29, 0.717) is 5.15 Å². The van der Waals surface area contributed by atoms with Crippen molar-refractivity contribution in [2.45, 2.75) is 6.54 Å². The lowest BCUT2D eigenvalue weighted by atomic mass is 10.1. The zero-order valence-electron chi connectivity index (χ0n) is 14.4. The van der Waals surface area contributed by atoms with Crippen molar-refractivity contribution >= 4 is 23.4 Å². The number of rotatable bonds is 5. The van der Waals surface area contributed by atoms with Gasteiger partial charge in [0.25, 0.3) is 0 Å². The van der Waals surface area contributed by atoms with Crippen LogP contribution in [-0.2, 0) is 6.54 Å². The Morgan fingerprint density at radius 3 is 2.48 bits per heavy atom. The number of ether oxygens (including phenoxy) is 2. The smallest absolute Gasteiger partial charge is 0.223 e. The maximum Gasteiger partial charge on any atom is 0.223 e. The third kappa shape index (κ3) is 4.24. The summed E-state index contributed by atoms with van der Waals surface area (Å²) in [6.07, 6.45) is 0. The fourth-order valence-corrected chi connectivity index (χ4v) is 3.15. The number of aromatic nitrogens is 2. The summed E-state index contributed by atoms with van der Waals surface area (Å²) in [6, 6.07) is 7.62. The van der Waals surface area contributed by atoms with Crippen LogP contribution in [0.25, 0.3) is 0 Å². The van der Waals surface area contributed by atoms with E-state index in [9.17, 15) is 0 Å². The lowest BCUT2D eigenvalue weighted by Gasteiger charge is -2.35. The number of nitrogens with two attached hydrogens (primary N) is 1. The molecule has 1 aliphatic heterocycles. The zero-order valence-corrected chi connectivity index (χ0v) is 15.2. The van der Waals surface area contributed by atoms with Gasteiger partial charge in [-0.05, 0) is 18.2 Å². The zero-order chi connectivity index (χ0) is 17.8. The van der Waals surface area contributed by atoms with Gasteiger partial charge in [-0.2, -0.15) is 4.98 Å². The highest BCUT2D eigenvalue weighted by Gasteiger charge is 2.20. The summed E-state index contributed by atoms with van der Waals surface area (Å²) in [4.78, 5) is 12.7. The normalized spacial score (nSPS) is 15.2. The largest absolute Gasteiger partial charge is 0.497 e. The highest BCUT2D eigenvalue weighted by atomic mass is 35.5. The van der Waals surface area contributed by atoms with Crippen LogP contribution in [0.5, 0.6) is 11.5 Å². The molecule has 2 aromatic rings. The van der Waals surface area contributed by atoms with Gasteiger partial charge in [-0.3, -0.25) is 4.90 Å². The molecule has 7 nitrogen and oxygen atoms in total. The van der Waals surface area contributed by atoms with Gasteiger partial charge in [0.05, 0.1) is 14.2 Å². The predicted octanol–water partition coefficient (Wildman–Crippen LogP) is 2.05. The number of hydrogen-bond acceptors (Lipinski definition) is 7. The molecular formula is C17H22ClN5O2. The standard InChI is InChI=1S/C17H22ClN5O2/c1-24-13-3-4-14(25-2)12(9-13)11-22-5-7-23(8-6-22)16-10-15(18)20-17(19)21-16/h3-4,9-10H,5-8,11H2,1-2H3,(H2,19,20,21). The van der Waals surface area contributed by atoms with Crippen molar-refractivity contribution < 1.29 is 9.47 Å². The molecule has 0 bridgehead atoms. The Hall–Kier alpha value is -2.25. The third-order valence-electron chi connectivity index (χ3n) is 4.28. The first kappa shape index (κ1) is 17.6. The molecule has 1 aliphatic rings. The SMILES string of the molecule is COc1ccc(OC)c(CN2CCN(c3cc(Cl)nc(N)n3)CC2)c1. The van der Waals surface area contributed by atoms with E-state index in [4.69, 9.17) is 26.8 Å². The second-order valence-electron chi connectivity index (χ2n) is 5.85. The molecular weight excluding hydrogens is 342 g/mol. The number of halogens is 1. The van der Waals surface area contributed by atoms with Gasteiger partial charge in [0, 0.05) is 44.4 Å². The molecule has 0 atom stereocenters. The van der Waals surface area contributed by atoms with Crippen molar-refractivity contribution in [3.05, 3.63) is 35.0 Å². The minimum atomic E-state index is 0.200. The van der Waals surface area contributed by atoms with Crippen molar-refractivity contribution in [1.29, 1.82) is 0 Å². The van der Waals surface area contributed by atoms with Crippen molar-refractivity contribution in [3.8, 4) is 11.5 Å². The van der Waals surface area contributed by atoms with Crippen LogP contribution in [-0.4, -0.2) is 55.3 Å². The van der Waals surface area contributed by atoms with Crippen LogP contribution < -0.4 is 20.1 Å². The molecule has 134 valence electrons. The first-order valence-electron chi connectivity index (χ1n) is 8.07. The average Bonchev–Trinajstić information content (AvgIpc) is 2.61. The summed E-state index contributed by atoms with van der Waals surface area (Å²) in [5.41, 5.74) is 6.80. The van der Waals surface area contributed by atoms with Crippen LogP contribution in [0.3, 0.4) is 0 Å². The lowest BCUT2D eigenvalue weighted by Crippen LogP contribution is -2.46. The Bertz CT molecular complexity index is 715. The number of nitrogens with zero attached hydrogens (tertiary/aromatic N) is 4. The topological polar surface area (TPSA) is 76.7 Å². The monoisotopic (exact) mass is 363 g/mol. The fraction of sp³-hybridized carbons (Fsp3) is 0.412. The number of piperazine rings is 1. The van der Waals surface area contributed by atoms with Gasteiger partial charge in [0.15, 0.2) is 0 Å². The van der Waals surface area contributed by atoms with E-state index in [-0.39, 0.29) is 5.95 Å². The van der Waals surface area contributed by atoms with Crippen LogP contribution in [0.1, 0.15) is 5.56 Å². The van der Waals surface area contributed by atoms with E-state index in [1.165, 1.54) is 0 Å². The van der Waals surface area contributed by atoms with Gasteiger partial charge >= 0.3 is 0 Å². The molecule has 3 rings (SSSR count). The molecule has 0 spiro atoms. The van der Waals surface area contributed by atoms with Crippen LogP contribution in [0.4, 0.5) is 11.8 Å². The van der Waals surface area contributed by atoms with E-state index in [1.807, 2.05) is 18.2 Å². The molecule has 0 amide bonds. The van der Waals surface area contributed by atoms with Gasteiger partial charge in [0.2, 0.25) is 5.95 Å². The molecule has 0 unspecified atom stereocenters. The molecule has 0 saturated carbocycles. The molecule has 8 heteroatoms. The minimum Gasteiger partial charge on any atom is -0.497 e. The van der Waals surface area contributed by atoms with Crippen molar-refractivity contribution in [2.75, 3.05) is 51.0 Å². The Labute approximate surface area is 152 Å². The minimum absolute atomic E-state index is 0.200. The van der Waals surface area contributed by atoms with Crippen molar-refractivity contribution in [3.63, 3.8) is 0 Å². The maximum absolute atomic E-state index is 5.97. The molecule has 1 aromatic heterocycles. The van der Waals surface area contributed by atoms with E-state index < -0.39 is 0 Å². The summed E-state index contributed by atoms with van der Waals surface area (Å²) in [7, 11) is 3.36. The maximum atomic E-state index is 5.97. The number of hydrogen-bond donors (Lipinski definition) is 1. The Balaban J connectivity index is 1.65. The first-order valence-corrected chi connectivity index (χ1v) is 8.45. The van der Waals surface area contributed by atoms with E-state index in [1.54, 1.807) is 20.3 Å². The van der Waals surface area contributed by atoms with E-state index >= 15 is 0 Å². The van der Waals surface area contributed by atoms with Gasteiger partial charge in [0.1, 0.15) is 22.5 Å². The van der Waals surface area contributed by atoms with Gasteiger partial charge < -0.3 is 20.1 Å². The van der Waals surface area contributed by atoms with Gasteiger partial charge in [-0.1, -0.05) is 11.6 Å². The third-order valence-corrected chi connectivity index (χ3v) is 4.47. The Kier molecular flexibility index (Phi) is 5.45. The summed E-state index contributed by atoms with van der Waals surface area (Å²) in [6.45, 7) is 4.31. The number of nitrogen functional groups attached to an aromatic ring is 1. The van der Waals surface area contributed by atoms with Crippen molar-refractivity contribution in [2.24, 2.45) is 0 Å². The van der Waals surface area contributed by atoms with Gasteiger partial charge in [-0.15, -0.1) is 0 Å². The van der Waals surface area contributed by atoms with Gasteiger partial charge in [-0.25, -0.2) is 4.98 Å². The molecule has 25 heavy (non-hydrogen) atoms. The summed E-state index contributed by atoms with van der Waals surface area (Å²) in [5.74, 6) is 2.68. The Morgan fingerprint density at radius 2 is 1.84 bits per heavy atom. The van der Waals surface area contributed by atoms with Crippen molar-refractivity contribution in [1.82, 2.24) is 14.9 Å². The van der Waals surface area contributed by atoms with E-state index in [2.05, 4.69) is 19.8 Å². The lowest BCUT2D eigenvalue weighted by molar-refractivity contribution is 0.245.